The molecule has 1 saturated heterocycles. The number of benzene rings is 1. The fraction of sp³-hybridized carbons (Fsp3) is 0.435. The number of amides is 2. The molecule has 0 saturated carbocycles. The maximum Gasteiger partial charge on any atom is 0.254 e. The average molecular weight is 444 g/mol. The molecule has 0 spiro atoms. The molecule has 4 rings (SSSR count). The number of ether oxygens (including phenoxy) is 2. The smallest absolute Gasteiger partial charge is 0.254 e. The molecule has 3 heterocycles. The van der Waals surface area contributed by atoms with Crippen LogP contribution in [0.1, 0.15) is 42.1 Å². The Morgan fingerprint density at radius 1 is 1.19 bits per heavy atom. The predicted octanol–water partition coefficient (Wildman–Crippen LogP) is 3.66. The molecular weight excluding hydrogens is 418 g/mol. The first-order valence-corrected chi connectivity index (χ1v) is 11.0. The lowest BCUT2D eigenvalue weighted by atomic mass is 9.81. The molecule has 2 aromatic rings. The van der Waals surface area contributed by atoms with Crippen LogP contribution < -0.4 is 14.8 Å². The van der Waals surface area contributed by atoms with Gasteiger partial charge in [0.15, 0.2) is 11.5 Å². The molecule has 8 heteroatoms. The highest BCUT2D eigenvalue weighted by molar-refractivity contribution is 6.29. The van der Waals surface area contributed by atoms with Gasteiger partial charge in [0.1, 0.15) is 5.15 Å². The first-order valence-electron chi connectivity index (χ1n) is 10.6. The second-order valence-corrected chi connectivity index (χ2v) is 8.39. The van der Waals surface area contributed by atoms with Crippen molar-refractivity contribution in [2.45, 2.75) is 32.7 Å². The summed E-state index contributed by atoms with van der Waals surface area (Å²) in [7, 11) is 0. The molecule has 2 atom stereocenters. The molecular formula is C23H26ClN3O4. The maximum absolute atomic E-state index is 12.8. The van der Waals surface area contributed by atoms with Crippen molar-refractivity contribution in [3.63, 3.8) is 0 Å². The number of carbonyl (C=O) groups excluding carboxylic acids is 2. The summed E-state index contributed by atoms with van der Waals surface area (Å²) < 4.78 is 10.7. The number of pyridine rings is 1. The van der Waals surface area contributed by atoms with E-state index in [4.69, 9.17) is 21.1 Å². The highest BCUT2D eigenvalue weighted by Crippen LogP contribution is 2.33. The largest absolute Gasteiger partial charge is 0.454 e. The van der Waals surface area contributed by atoms with Crippen molar-refractivity contribution in [1.82, 2.24) is 15.2 Å². The van der Waals surface area contributed by atoms with Crippen molar-refractivity contribution < 1.29 is 19.1 Å². The van der Waals surface area contributed by atoms with Gasteiger partial charge in [-0.05, 0) is 48.1 Å². The van der Waals surface area contributed by atoms with E-state index in [9.17, 15) is 9.59 Å². The third-order valence-corrected chi connectivity index (χ3v) is 6.26. The minimum atomic E-state index is -0.0338. The van der Waals surface area contributed by atoms with Gasteiger partial charge in [0.05, 0.1) is 0 Å². The zero-order valence-corrected chi connectivity index (χ0v) is 18.2. The Balaban J connectivity index is 1.30. The number of carbonyl (C=O) groups is 2. The molecule has 1 aromatic carbocycles. The van der Waals surface area contributed by atoms with Gasteiger partial charge in [-0.15, -0.1) is 0 Å². The normalized spacial score (nSPS) is 19.9. The van der Waals surface area contributed by atoms with Gasteiger partial charge >= 0.3 is 0 Å². The summed E-state index contributed by atoms with van der Waals surface area (Å²) in [6.45, 7) is 4.08. The second kappa shape index (κ2) is 9.56. The van der Waals surface area contributed by atoms with Crippen molar-refractivity contribution in [1.29, 1.82) is 0 Å². The van der Waals surface area contributed by atoms with Crippen LogP contribution in [-0.2, 0) is 11.3 Å². The Morgan fingerprint density at radius 3 is 2.84 bits per heavy atom. The summed E-state index contributed by atoms with van der Waals surface area (Å²) in [5, 5.41) is 3.32. The van der Waals surface area contributed by atoms with Gasteiger partial charge in [-0.1, -0.05) is 31.0 Å². The molecule has 2 aliphatic rings. The average Bonchev–Trinajstić information content (AvgIpc) is 3.25. The van der Waals surface area contributed by atoms with E-state index in [0.29, 0.717) is 42.5 Å². The molecule has 2 aliphatic heterocycles. The molecule has 1 N–H and O–H groups in total. The Labute approximate surface area is 186 Å². The van der Waals surface area contributed by atoms with E-state index >= 15 is 0 Å². The Morgan fingerprint density at radius 2 is 2.03 bits per heavy atom. The van der Waals surface area contributed by atoms with Gasteiger partial charge in [-0.3, -0.25) is 9.59 Å². The summed E-state index contributed by atoms with van der Waals surface area (Å²) in [4.78, 5) is 31.2. The molecule has 1 aromatic heterocycles. The number of fused-ring (bicyclic) bond motifs is 1. The van der Waals surface area contributed by atoms with E-state index in [1.807, 2.05) is 23.1 Å². The van der Waals surface area contributed by atoms with Crippen molar-refractivity contribution in [2.75, 3.05) is 19.9 Å². The van der Waals surface area contributed by atoms with Crippen molar-refractivity contribution >= 4 is 23.4 Å². The maximum atomic E-state index is 12.8. The highest BCUT2D eigenvalue weighted by Gasteiger charge is 2.32. The molecule has 1 fully saturated rings. The molecule has 7 nitrogen and oxygen atoms in total. The summed E-state index contributed by atoms with van der Waals surface area (Å²) in [5.74, 6) is 1.98. The van der Waals surface area contributed by atoms with Crippen LogP contribution in [-0.4, -0.2) is 41.6 Å². The minimum absolute atomic E-state index is 0.0295. The van der Waals surface area contributed by atoms with Crippen LogP contribution in [0.4, 0.5) is 0 Å². The number of hydrogen-bond donors (Lipinski definition) is 1. The van der Waals surface area contributed by atoms with Gasteiger partial charge < -0.3 is 19.7 Å². The SMILES string of the molecule is CC[C@H]1CN(C(=O)c2ccnc(Cl)c2)CC[C@H]1CC(=O)NCc1ccc2c(c1)OCO2. The fourth-order valence-electron chi connectivity index (χ4n) is 4.28. The molecule has 0 unspecified atom stereocenters. The number of nitrogens with one attached hydrogen (secondary N) is 1. The zero-order chi connectivity index (χ0) is 21.8. The first-order chi connectivity index (χ1) is 15.0. The van der Waals surface area contributed by atoms with E-state index in [-0.39, 0.29) is 30.4 Å². The van der Waals surface area contributed by atoms with Crippen molar-refractivity contribution in [3.8, 4) is 11.5 Å². The van der Waals surface area contributed by atoms with Gasteiger partial charge in [0, 0.05) is 37.8 Å². The number of halogens is 1. The topological polar surface area (TPSA) is 80.8 Å². The number of likely N-dealkylation sites (tertiary alicyclic amines) is 1. The van der Waals surface area contributed by atoms with Crippen molar-refractivity contribution in [3.05, 3.63) is 52.8 Å². The van der Waals surface area contributed by atoms with E-state index < -0.39 is 0 Å². The highest BCUT2D eigenvalue weighted by atomic mass is 35.5. The lowest BCUT2D eigenvalue weighted by Gasteiger charge is -2.38. The second-order valence-electron chi connectivity index (χ2n) is 8.00. The fourth-order valence-corrected chi connectivity index (χ4v) is 4.45. The Kier molecular flexibility index (Phi) is 6.61. The summed E-state index contributed by atoms with van der Waals surface area (Å²) in [5.41, 5.74) is 1.52. The number of nitrogens with zero attached hydrogens (tertiary/aromatic N) is 2. The van der Waals surface area contributed by atoms with E-state index in [2.05, 4.69) is 17.2 Å². The quantitative estimate of drug-likeness (QED) is 0.689. The summed E-state index contributed by atoms with van der Waals surface area (Å²) >= 11 is 5.93. The molecule has 164 valence electrons. The predicted molar refractivity (Wildman–Crippen MR) is 116 cm³/mol. The Bertz CT molecular complexity index is 968. The van der Waals surface area contributed by atoms with Crippen LogP contribution in [0.5, 0.6) is 11.5 Å². The third-order valence-electron chi connectivity index (χ3n) is 6.05. The van der Waals surface area contributed by atoms with Gasteiger partial charge in [-0.2, -0.15) is 0 Å². The lowest BCUT2D eigenvalue weighted by Crippen LogP contribution is -2.44. The molecule has 0 bridgehead atoms. The van der Waals surface area contributed by atoms with E-state index in [1.54, 1.807) is 18.3 Å². The zero-order valence-electron chi connectivity index (χ0n) is 17.5. The number of piperidine rings is 1. The van der Waals surface area contributed by atoms with Crippen LogP contribution in [0.25, 0.3) is 0 Å². The minimum Gasteiger partial charge on any atom is -0.454 e. The van der Waals surface area contributed by atoms with Gasteiger partial charge in [0.2, 0.25) is 12.7 Å². The van der Waals surface area contributed by atoms with E-state index in [0.717, 1.165) is 24.2 Å². The summed E-state index contributed by atoms with van der Waals surface area (Å²) in [6, 6.07) is 8.97. The number of rotatable bonds is 6. The van der Waals surface area contributed by atoms with Gasteiger partial charge in [-0.25, -0.2) is 4.98 Å². The Hall–Kier alpha value is -2.80. The number of aromatic nitrogens is 1. The van der Waals surface area contributed by atoms with Crippen LogP contribution in [0, 0.1) is 11.8 Å². The standard InChI is InChI=1S/C23H26ClN3O4/c1-2-16-13-27(23(29)18-5-7-25-21(24)10-18)8-6-17(16)11-22(28)26-12-15-3-4-19-20(9-15)31-14-30-19/h3-5,7,9-10,16-17H,2,6,8,11-14H2,1H3,(H,26,28)/t16-,17-/m0/s1. The van der Waals surface area contributed by atoms with Gasteiger partial charge in [0.25, 0.3) is 5.91 Å². The summed E-state index contributed by atoms with van der Waals surface area (Å²) in [6.07, 6.45) is 3.73. The lowest BCUT2D eigenvalue weighted by molar-refractivity contribution is -0.123. The monoisotopic (exact) mass is 443 g/mol. The van der Waals surface area contributed by atoms with Crippen LogP contribution >= 0.6 is 11.6 Å². The van der Waals surface area contributed by atoms with E-state index in [1.165, 1.54) is 0 Å². The first kappa shape index (κ1) is 21.4. The third kappa shape index (κ3) is 5.10. The molecule has 31 heavy (non-hydrogen) atoms. The van der Waals surface area contributed by atoms with Crippen LogP contribution in [0.15, 0.2) is 36.5 Å². The molecule has 2 amide bonds. The van der Waals surface area contributed by atoms with Crippen LogP contribution in [0.3, 0.4) is 0 Å². The van der Waals surface area contributed by atoms with Crippen LogP contribution in [0.2, 0.25) is 5.15 Å². The van der Waals surface area contributed by atoms with Crippen molar-refractivity contribution in [2.24, 2.45) is 11.8 Å². The molecule has 0 radical (unpaired) electrons. The number of hydrogen-bond acceptors (Lipinski definition) is 5. The molecule has 0 aliphatic carbocycles.